The number of carbonyl (C=O) groups is 2. The maximum atomic E-state index is 13.0. The van der Waals surface area contributed by atoms with E-state index in [1.165, 1.54) is 0 Å². The number of nitrogens with one attached hydrogen (secondary N) is 1. The first-order chi connectivity index (χ1) is 14.7. The molecule has 9 nitrogen and oxygen atoms in total. The van der Waals surface area contributed by atoms with Gasteiger partial charge in [0, 0.05) is 19.0 Å². The SMILES string of the molecule is COc1ccc(C)cc1N1CC(C(=O)Nc2cc(C)nn2C2CCS(=O)(=O)C2)CC1=O. The van der Waals surface area contributed by atoms with E-state index < -0.39 is 15.8 Å². The first-order valence-electron chi connectivity index (χ1n) is 10.2. The molecule has 2 aliphatic heterocycles. The van der Waals surface area contributed by atoms with Crippen molar-refractivity contribution >= 4 is 33.2 Å². The van der Waals surface area contributed by atoms with E-state index in [-0.39, 0.29) is 42.3 Å². The molecule has 1 N–H and O–H groups in total. The minimum absolute atomic E-state index is 0.0137. The lowest BCUT2D eigenvalue weighted by atomic mass is 10.1. The molecule has 0 spiro atoms. The first kappa shape index (κ1) is 21.4. The molecular weight excluding hydrogens is 420 g/mol. The fourth-order valence-electron chi connectivity index (χ4n) is 4.21. The number of aryl methyl sites for hydroxylation is 2. The first-order valence-corrected chi connectivity index (χ1v) is 12.0. The normalized spacial score (nSPS) is 22.7. The maximum absolute atomic E-state index is 13.0. The van der Waals surface area contributed by atoms with Crippen molar-refractivity contribution in [2.75, 3.05) is 35.4 Å². The number of nitrogens with zero attached hydrogens (tertiary/aromatic N) is 3. The van der Waals surface area contributed by atoms with Crippen molar-refractivity contribution in [1.29, 1.82) is 0 Å². The monoisotopic (exact) mass is 446 g/mol. The fraction of sp³-hybridized carbons (Fsp3) is 0.476. The summed E-state index contributed by atoms with van der Waals surface area (Å²) in [5.41, 5.74) is 2.33. The quantitative estimate of drug-likeness (QED) is 0.751. The number of methoxy groups -OCH3 is 1. The van der Waals surface area contributed by atoms with Gasteiger partial charge in [-0.2, -0.15) is 5.10 Å². The highest BCUT2D eigenvalue weighted by molar-refractivity contribution is 7.91. The fourth-order valence-corrected chi connectivity index (χ4v) is 5.90. The lowest BCUT2D eigenvalue weighted by Crippen LogP contribution is -2.29. The van der Waals surface area contributed by atoms with E-state index in [1.54, 1.807) is 29.7 Å². The van der Waals surface area contributed by atoms with Crippen molar-refractivity contribution in [2.45, 2.75) is 32.7 Å². The van der Waals surface area contributed by atoms with E-state index >= 15 is 0 Å². The number of benzene rings is 1. The molecule has 31 heavy (non-hydrogen) atoms. The third-order valence-electron chi connectivity index (χ3n) is 5.78. The lowest BCUT2D eigenvalue weighted by molar-refractivity contribution is -0.122. The van der Waals surface area contributed by atoms with Crippen LogP contribution in [0.15, 0.2) is 24.3 Å². The molecule has 1 aromatic carbocycles. The third kappa shape index (κ3) is 4.30. The predicted molar refractivity (Wildman–Crippen MR) is 116 cm³/mol. The average molecular weight is 447 g/mol. The zero-order chi connectivity index (χ0) is 22.3. The summed E-state index contributed by atoms with van der Waals surface area (Å²) in [4.78, 5) is 27.2. The molecule has 0 radical (unpaired) electrons. The Morgan fingerprint density at radius 2 is 2.03 bits per heavy atom. The van der Waals surface area contributed by atoms with Crippen molar-refractivity contribution in [3.05, 3.63) is 35.5 Å². The maximum Gasteiger partial charge on any atom is 0.230 e. The van der Waals surface area contributed by atoms with Crippen LogP contribution in [0.25, 0.3) is 0 Å². The third-order valence-corrected chi connectivity index (χ3v) is 7.53. The van der Waals surface area contributed by atoms with Gasteiger partial charge in [0.05, 0.1) is 42.0 Å². The topological polar surface area (TPSA) is 111 Å². The Balaban J connectivity index is 1.51. The molecule has 2 unspecified atom stereocenters. The Hall–Kier alpha value is -2.88. The molecule has 2 saturated heterocycles. The van der Waals surface area contributed by atoms with Gasteiger partial charge in [-0.1, -0.05) is 6.07 Å². The number of rotatable bonds is 5. The number of sulfone groups is 1. The largest absolute Gasteiger partial charge is 0.495 e. The molecule has 4 rings (SSSR count). The van der Waals surface area contributed by atoms with Crippen LogP contribution in [0.1, 0.15) is 30.1 Å². The van der Waals surface area contributed by atoms with Gasteiger partial charge in [0.15, 0.2) is 9.84 Å². The van der Waals surface area contributed by atoms with Crippen molar-refractivity contribution < 1.29 is 22.7 Å². The van der Waals surface area contributed by atoms with Crippen LogP contribution in [0.5, 0.6) is 5.75 Å². The minimum atomic E-state index is -3.09. The van der Waals surface area contributed by atoms with Crippen LogP contribution >= 0.6 is 0 Å². The number of amides is 2. The summed E-state index contributed by atoms with van der Waals surface area (Å²) in [5.74, 6) is 0.211. The van der Waals surface area contributed by atoms with Crippen LogP contribution in [-0.2, 0) is 19.4 Å². The van der Waals surface area contributed by atoms with Crippen molar-refractivity contribution in [1.82, 2.24) is 9.78 Å². The van der Waals surface area contributed by atoms with E-state index in [1.807, 2.05) is 25.1 Å². The van der Waals surface area contributed by atoms with E-state index in [2.05, 4.69) is 10.4 Å². The van der Waals surface area contributed by atoms with Gasteiger partial charge >= 0.3 is 0 Å². The van der Waals surface area contributed by atoms with Crippen LogP contribution < -0.4 is 15.0 Å². The van der Waals surface area contributed by atoms with Gasteiger partial charge in [-0.05, 0) is 38.0 Å². The van der Waals surface area contributed by atoms with E-state index in [0.717, 1.165) is 5.56 Å². The number of anilines is 2. The molecule has 1 aromatic heterocycles. The summed E-state index contributed by atoms with van der Waals surface area (Å²) >= 11 is 0. The van der Waals surface area contributed by atoms with Gasteiger partial charge in [0.25, 0.3) is 0 Å². The van der Waals surface area contributed by atoms with Crippen molar-refractivity contribution in [3.8, 4) is 5.75 Å². The molecule has 0 aliphatic carbocycles. The smallest absolute Gasteiger partial charge is 0.230 e. The number of aromatic nitrogens is 2. The molecule has 10 heteroatoms. The van der Waals surface area contributed by atoms with Gasteiger partial charge in [-0.25, -0.2) is 13.1 Å². The number of carbonyl (C=O) groups excluding carboxylic acids is 2. The molecule has 3 heterocycles. The number of hydrogen-bond acceptors (Lipinski definition) is 6. The van der Waals surface area contributed by atoms with Gasteiger partial charge in [-0.3, -0.25) is 9.59 Å². The zero-order valence-corrected chi connectivity index (χ0v) is 18.6. The van der Waals surface area contributed by atoms with Gasteiger partial charge < -0.3 is 15.0 Å². The van der Waals surface area contributed by atoms with Gasteiger partial charge in [-0.15, -0.1) is 0 Å². The summed E-state index contributed by atoms with van der Waals surface area (Å²) in [7, 11) is -1.54. The predicted octanol–water partition coefficient (Wildman–Crippen LogP) is 1.86. The van der Waals surface area contributed by atoms with Gasteiger partial charge in [0.2, 0.25) is 11.8 Å². The zero-order valence-electron chi connectivity index (χ0n) is 17.8. The van der Waals surface area contributed by atoms with Crippen LogP contribution in [-0.4, -0.2) is 55.2 Å². The highest BCUT2D eigenvalue weighted by Crippen LogP contribution is 2.34. The molecule has 2 atom stereocenters. The molecule has 0 saturated carbocycles. The Labute approximate surface area is 181 Å². The molecule has 2 amide bonds. The highest BCUT2D eigenvalue weighted by atomic mass is 32.2. The Morgan fingerprint density at radius 1 is 1.26 bits per heavy atom. The van der Waals surface area contributed by atoms with E-state index in [4.69, 9.17) is 4.74 Å². The molecule has 0 bridgehead atoms. The summed E-state index contributed by atoms with van der Waals surface area (Å²) in [6.45, 7) is 3.97. The molecule has 2 aromatic rings. The van der Waals surface area contributed by atoms with Gasteiger partial charge in [0.1, 0.15) is 11.6 Å². The lowest BCUT2D eigenvalue weighted by Gasteiger charge is -2.20. The Morgan fingerprint density at radius 3 is 2.71 bits per heavy atom. The molecule has 2 aliphatic rings. The van der Waals surface area contributed by atoms with E-state index in [9.17, 15) is 18.0 Å². The minimum Gasteiger partial charge on any atom is -0.495 e. The second kappa shape index (κ2) is 7.99. The summed E-state index contributed by atoms with van der Waals surface area (Å²) in [6, 6.07) is 7.01. The van der Waals surface area contributed by atoms with Crippen LogP contribution in [0.2, 0.25) is 0 Å². The Kier molecular flexibility index (Phi) is 5.50. The van der Waals surface area contributed by atoms with Crippen molar-refractivity contribution in [2.24, 2.45) is 5.92 Å². The molecule has 166 valence electrons. The van der Waals surface area contributed by atoms with E-state index in [0.29, 0.717) is 29.4 Å². The van der Waals surface area contributed by atoms with Crippen molar-refractivity contribution in [3.63, 3.8) is 0 Å². The molecule has 2 fully saturated rings. The van der Waals surface area contributed by atoms with Crippen LogP contribution in [0.4, 0.5) is 11.5 Å². The average Bonchev–Trinajstić information content (AvgIpc) is 3.38. The second-order valence-corrected chi connectivity index (χ2v) is 10.5. The second-order valence-electron chi connectivity index (χ2n) is 8.24. The van der Waals surface area contributed by atoms with Crippen LogP contribution in [0, 0.1) is 19.8 Å². The highest BCUT2D eigenvalue weighted by Gasteiger charge is 2.37. The number of ether oxygens (including phenoxy) is 1. The number of hydrogen-bond donors (Lipinski definition) is 1. The Bertz CT molecular complexity index is 1140. The van der Waals surface area contributed by atoms with Crippen LogP contribution in [0.3, 0.4) is 0 Å². The standard InChI is InChI=1S/C21H26N4O5S/c1-13-4-5-18(30-3)17(8-13)24-11-15(10-20(24)26)21(27)22-19-9-14(2)23-25(19)16-6-7-31(28,29)12-16/h4-5,8-9,15-16H,6-7,10-12H2,1-3H3,(H,22,27). The summed E-state index contributed by atoms with van der Waals surface area (Å²) in [6.07, 6.45) is 0.559. The summed E-state index contributed by atoms with van der Waals surface area (Å²) < 4.78 is 30.7. The molecular formula is C21H26N4O5S. The summed E-state index contributed by atoms with van der Waals surface area (Å²) in [5, 5.41) is 7.26.